The van der Waals surface area contributed by atoms with Crippen LogP contribution in [-0.4, -0.2) is 48.5 Å². The quantitative estimate of drug-likeness (QED) is 0.872. The average molecular weight is 294 g/mol. The van der Waals surface area contributed by atoms with Gasteiger partial charge in [-0.2, -0.15) is 4.37 Å². The summed E-state index contributed by atoms with van der Waals surface area (Å²) in [5, 5.41) is 17.2. The van der Waals surface area contributed by atoms with E-state index in [1.807, 2.05) is 0 Å². The van der Waals surface area contributed by atoms with Crippen LogP contribution in [0.4, 0.5) is 5.13 Å². The van der Waals surface area contributed by atoms with Crippen LogP contribution >= 0.6 is 11.5 Å². The van der Waals surface area contributed by atoms with Crippen molar-refractivity contribution in [3.05, 3.63) is 17.7 Å². The van der Waals surface area contributed by atoms with Crippen molar-refractivity contribution in [1.29, 1.82) is 0 Å². The molecule has 0 aliphatic carbocycles. The second kappa shape index (κ2) is 5.16. The minimum absolute atomic E-state index is 0.0235. The number of carbonyl (C=O) groups is 1. The number of nitrogens with zero attached hydrogens (tertiary/aromatic N) is 6. The Kier molecular flexibility index (Phi) is 3.35. The van der Waals surface area contributed by atoms with Gasteiger partial charge in [-0.1, -0.05) is 12.1 Å². The Morgan fingerprint density at radius 3 is 3.00 bits per heavy atom. The van der Waals surface area contributed by atoms with Crippen LogP contribution in [0.5, 0.6) is 0 Å². The van der Waals surface area contributed by atoms with Gasteiger partial charge in [-0.3, -0.25) is 0 Å². The third-order valence-corrected chi connectivity index (χ3v) is 3.98. The number of hydrogen-bond donors (Lipinski definition) is 1. The molecule has 1 aliphatic rings. The van der Waals surface area contributed by atoms with E-state index < -0.39 is 5.97 Å². The fraction of sp³-hybridized carbons (Fsp3) is 0.545. The number of anilines is 1. The molecule has 0 spiro atoms. The van der Waals surface area contributed by atoms with Gasteiger partial charge in [0.1, 0.15) is 5.82 Å². The monoisotopic (exact) mass is 294 g/mol. The Bertz CT molecular complexity index is 618. The van der Waals surface area contributed by atoms with Crippen LogP contribution < -0.4 is 4.90 Å². The van der Waals surface area contributed by atoms with Gasteiger partial charge in [-0.15, -0.1) is 5.10 Å². The lowest BCUT2D eigenvalue weighted by atomic mass is 10.1. The molecule has 0 aromatic carbocycles. The van der Waals surface area contributed by atoms with Crippen molar-refractivity contribution in [2.45, 2.75) is 25.8 Å². The zero-order chi connectivity index (χ0) is 14.1. The van der Waals surface area contributed by atoms with Gasteiger partial charge in [-0.05, 0) is 6.42 Å². The number of carboxylic acid groups (broad SMARTS) is 1. The van der Waals surface area contributed by atoms with Crippen molar-refractivity contribution in [1.82, 2.24) is 24.4 Å². The summed E-state index contributed by atoms with van der Waals surface area (Å²) in [4.78, 5) is 17.3. The maximum absolute atomic E-state index is 10.8. The summed E-state index contributed by atoms with van der Waals surface area (Å²) in [6, 6.07) is 0.147. The summed E-state index contributed by atoms with van der Waals surface area (Å²) in [5.41, 5.74) is -0.0235. The molecule has 106 valence electrons. The predicted molar refractivity (Wildman–Crippen MR) is 72.1 cm³/mol. The van der Waals surface area contributed by atoms with Crippen molar-refractivity contribution >= 4 is 22.6 Å². The number of aryl methyl sites for hydroxylation is 1. The molecular weight excluding hydrogens is 280 g/mol. The van der Waals surface area contributed by atoms with E-state index in [2.05, 4.69) is 31.5 Å². The molecule has 8 nitrogen and oxygen atoms in total. The molecule has 3 rings (SSSR count). The summed E-state index contributed by atoms with van der Waals surface area (Å²) < 4.78 is 5.92. The highest BCUT2D eigenvalue weighted by Crippen LogP contribution is 2.28. The first kappa shape index (κ1) is 13.0. The number of aromatic carboxylic acids is 1. The number of carboxylic acids is 1. The van der Waals surface area contributed by atoms with Gasteiger partial charge in [-0.25, -0.2) is 14.5 Å². The van der Waals surface area contributed by atoms with E-state index in [9.17, 15) is 4.79 Å². The van der Waals surface area contributed by atoms with E-state index in [-0.39, 0.29) is 11.7 Å². The van der Waals surface area contributed by atoms with Gasteiger partial charge in [0, 0.05) is 31.0 Å². The van der Waals surface area contributed by atoms with Gasteiger partial charge in [0.2, 0.25) is 5.13 Å². The Morgan fingerprint density at radius 2 is 2.35 bits per heavy atom. The van der Waals surface area contributed by atoms with Crippen molar-refractivity contribution < 1.29 is 9.90 Å². The zero-order valence-electron chi connectivity index (χ0n) is 10.9. The number of rotatable bonds is 5. The Balaban J connectivity index is 1.61. The molecule has 0 saturated carbocycles. The van der Waals surface area contributed by atoms with Crippen LogP contribution in [0.2, 0.25) is 0 Å². The summed E-state index contributed by atoms with van der Waals surface area (Å²) in [6.07, 6.45) is 3.40. The standard InChI is InChI=1S/C11H14N6O2S/c1-2-3-9-12-11(20-14-9)16-4-7(5-16)17-6-8(10(18)19)13-15-17/h6-7H,2-5H2,1H3,(H,18,19). The van der Waals surface area contributed by atoms with Crippen LogP contribution in [0.15, 0.2) is 6.20 Å². The molecule has 0 unspecified atom stereocenters. The van der Waals surface area contributed by atoms with Gasteiger partial charge in [0.15, 0.2) is 5.69 Å². The lowest BCUT2D eigenvalue weighted by Crippen LogP contribution is -2.48. The minimum atomic E-state index is -1.05. The van der Waals surface area contributed by atoms with Gasteiger partial charge in [0.25, 0.3) is 0 Å². The third-order valence-electron chi connectivity index (χ3n) is 3.17. The normalized spacial score (nSPS) is 15.3. The Hall–Kier alpha value is -2.03. The van der Waals surface area contributed by atoms with Crippen molar-refractivity contribution in [3.8, 4) is 0 Å². The second-order valence-corrected chi connectivity index (χ2v) is 5.42. The van der Waals surface area contributed by atoms with Crippen LogP contribution in [0.1, 0.15) is 35.7 Å². The molecule has 1 N–H and O–H groups in total. The molecule has 2 aromatic heterocycles. The predicted octanol–water partition coefficient (Wildman–Crippen LogP) is 0.842. The lowest BCUT2D eigenvalue weighted by molar-refractivity contribution is 0.0690. The molecule has 3 heterocycles. The van der Waals surface area contributed by atoms with Crippen molar-refractivity contribution in [2.75, 3.05) is 18.0 Å². The summed E-state index contributed by atoms with van der Waals surface area (Å²) in [6.45, 7) is 3.61. The average Bonchev–Trinajstić information content (AvgIpc) is 2.98. The smallest absolute Gasteiger partial charge is 0.358 e. The lowest BCUT2D eigenvalue weighted by Gasteiger charge is -2.38. The number of aromatic nitrogens is 5. The molecular formula is C11H14N6O2S. The fourth-order valence-electron chi connectivity index (χ4n) is 2.03. The van der Waals surface area contributed by atoms with Gasteiger partial charge in [0.05, 0.1) is 12.2 Å². The van der Waals surface area contributed by atoms with Gasteiger partial charge >= 0.3 is 5.97 Å². The molecule has 9 heteroatoms. The molecule has 0 amide bonds. The maximum atomic E-state index is 10.8. The molecule has 1 saturated heterocycles. The maximum Gasteiger partial charge on any atom is 0.358 e. The highest BCUT2D eigenvalue weighted by atomic mass is 32.1. The van der Waals surface area contributed by atoms with E-state index in [0.29, 0.717) is 0 Å². The Morgan fingerprint density at radius 1 is 1.55 bits per heavy atom. The summed E-state index contributed by atoms with van der Waals surface area (Å²) in [7, 11) is 0. The molecule has 20 heavy (non-hydrogen) atoms. The SMILES string of the molecule is CCCc1nsc(N2CC(n3cc(C(=O)O)nn3)C2)n1. The summed E-state index contributed by atoms with van der Waals surface area (Å²) in [5.74, 6) is -0.161. The largest absolute Gasteiger partial charge is 0.476 e. The number of hydrogen-bond acceptors (Lipinski definition) is 7. The first-order valence-corrected chi connectivity index (χ1v) is 7.17. The van der Waals surface area contributed by atoms with Gasteiger partial charge < -0.3 is 10.0 Å². The second-order valence-electron chi connectivity index (χ2n) is 4.69. The Labute approximate surface area is 119 Å². The first-order chi connectivity index (χ1) is 9.67. The summed E-state index contributed by atoms with van der Waals surface area (Å²) >= 11 is 1.41. The first-order valence-electron chi connectivity index (χ1n) is 6.40. The van der Waals surface area contributed by atoms with E-state index >= 15 is 0 Å². The van der Waals surface area contributed by atoms with E-state index in [0.717, 1.165) is 36.9 Å². The topological polar surface area (TPSA) is 97.0 Å². The molecule has 1 fully saturated rings. The van der Waals surface area contributed by atoms with Crippen molar-refractivity contribution in [3.63, 3.8) is 0 Å². The van der Waals surface area contributed by atoms with Crippen molar-refractivity contribution in [2.24, 2.45) is 0 Å². The van der Waals surface area contributed by atoms with Crippen LogP contribution in [0.25, 0.3) is 0 Å². The van der Waals surface area contributed by atoms with Crippen LogP contribution in [-0.2, 0) is 6.42 Å². The van der Waals surface area contributed by atoms with E-state index in [1.54, 1.807) is 4.68 Å². The molecule has 0 radical (unpaired) electrons. The molecule has 0 atom stereocenters. The molecule has 2 aromatic rings. The van der Waals surface area contributed by atoms with Crippen LogP contribution in [0.3, 0.4) is 0 Å². The highest BCUT2D eigenvalue weighted by molar-refractivity contribution is 7.09. The zero-order valence-corrected chi connectivity index (χ0v) is 11.7. The third kappa shape index (κ3) is 2.36. The molecule has 1 aliphatic heterocycles. The van der Waals surface area contributed by atoms with Crippen LogP contribution in [0, 0.1) is 0 Å². The molecule has 0 bridgehead atoms. The van der Waals surface area contributed by atoms with E-state index in [1.165, 1.54) is 17.7 Å². The minimum Gasteiger partial charge on any atom is -0.476 e. The fourth-order valence-corrected chi connectivity index (χ4v) is 2.76. The highest BCUT2D eigenvalue weighted by Gasteiger charge is 2.31. The van der Waals surface area contributed by atoms with E-state index in [4.69, 9.17) is 5.11 Å².